The normalized spacial score (nSPS) is 10.7. The van der Waals surface area contributed by atoms with Gasteiger partial charge in [-0.1, -0.05) is 24.3 Å². The van der Waals surface area contributed by atoms with Gasteiger partial charge in [-0.15, -0.1) is 5.10 Å². The van der Waals surface area contributed by atoms with Gasteiger partial charge < -0.3 is 9.84 Å². The van der Waals surface area contributed by atoms with Crippen LogP contribution in [-0.4, -0.2) is 20.1 Å². The lowest BCUT2D eigenvalue weighted by molar-refractivity contribution is 0.261. The highest BCUT2D eigenvalue weighted by molar-refractivity contribution is 5.28. The molecule has 0 saturated carbocycles. The van der Waals surface area contributed by atoms with Crippen LogP contribution in [0.2, 0.25) is 0 Å². The van der Waals surface area contributed by atoms with Gasteiger partial charge in [0.25, 0.3) is 0 Å². The average molecular weight is 261 g/mol. The number of rotatable bonds is 6. The van der Waals surface area contributed by atoms with Crippen molar-refractivity contribution in [2.75, 3.05) is 0 Å². The standard InChI is InChI=1S/C14H19N3O2/c1-3-11-6-5-7-12(8-11)19-10-14-13(9-18)15-16-17(14)4-2/h5-8,18H,3-4,9-10H2,1-2H3. The van der Waals surface area contributed by atoms with Crippen molar-refractivity contribution in [1.82, 2.24) is 15.0 Å². The van der Waals surface area contributed by atoms with Crippen LogP contribution in [0.4, 0.5) is 0 Å². The number of aryl methyl sites for hydroxylation is 2. The van der Waals surface area contributed by atoms with Crippen molar-refractivity contribution in [3.05, 3.63) is 41.2 Å². The van der Waals surface area contributed by atoms with Gasteiger partial charge in [0.1, 0.15) is 23.7 Å². The molecule has 0 aliphatic rings. The Bertz CT molecular complexity index is 516. The number of aliphatic hydroxyl groups is 1. The van der Waals surface area contributed by atoms with Crippen LogP contribution in [0.3, 0.4) is 0 Å². The number of aromatic nitrogens is 3. The Balaban J connectivity index is 2.11. The number of aliphatic hydroxyl groups excluding tert-OH is 1. The molecule has 2 rings (SSSR count). The first kappa shape index (κ1) is 13.5. The summed E-state index contributed by atoms with van der Waals surface area (Å²) in [5.41, 5.74) is 2.64. The van der Waals surface area contributed by atoms with Gasteiger partial charge in [-0.2, -0.15) is 0 Å². The predicted molar refractivity (Wildman–Crippen MR) is 71.8 cm³/mol. The zero-order valence-electron chi connectivity index (χ0n) is 11.3. The molecule has 1 aromatic carbocycles. The fourth-order valence-electron chi connectivity index (χ4n) is 1.91. The summed E-state index contributed by atoms with van der Waals surface area (Å²) in [4.78, 5) is 0. The number of ether oxygens (including phenoxy) is 1. The summed E-state index contributed by atoms with van der Waals surface area (Å²) >= 11 is 0. The SMILES string of the molecule is CCc1cccc(OCc2c(CO)nnn2CC)c1. The minimum Gasteiger partial charge on any atom is -0.487 e. The summed E-state index contributed by atoms with van der Waals surface area (Å²) in [6, 6.07) is 8.01. The highest BCUT2D eigenvalue weighted by atomic mass is 16.5. The summed E-state index contributed by atoms with van der Waals surface area (Å²) in [6.45, 7) is 5.05. The Hall–Kier alpha value is -1.88. The lowest BCUT2D eigenvalue weighted by atomic mass is 10.2. The first-order chi connectivity index (χ1) is 9.28. The smallest absolute Gasteiger partial charge is 0.132 e. The maximum atomic E-state index is 9.24. The molecule has 1 N–H and O–H groups in total. The molecule has 0 saturated heterocycles. The summed E-state index contributed by atoms with van der Waals surface area (Å²) in [6.07, 6.45) is 0.980. The second kappa shape index (κ2) is 6.33. The topological polar surface area (TPSA) is 60.2 Å². The van der Waals surface area contributed by atoms with Crippen molar-refractivity contribution < 1.29 is 9.84 Å². The quantitative estimate of drug-likeness (QED) is 0.863. The number of nitrogens with zero attached hydrogens (tertiary/aromatic N) is 3. The molecule has 2 aromatic rings. The lowest BCUT2D eigenvalue weighted by Gasteiger charge is -2.09. The molecule has 5 heteroatoms. The fourth-order valence-corrected chi connectivity index (χ4v) is 1.91. The second-order valence-corrected chi connectivity index (χ2v) is 4.25. The monoisotopic (exact) mass is 261 g/mol. The molecule has 0 aliphatic carbocycles. The van der Waals surface area contributed by atoms with E-state index in [-0.39, 0.29) is 6.61 Å². The van der Waals surface area contributed by atoms with Crippen LogP contribution < -0.4 is 4.74 Å². The van der Waals surface area contributed by atoms with E-state index in [1.165, 1.54) is 5.56 Å². The van der Waals surface area contributed by atoms with Crippen LogP contribution in [0.25, 0.3) is 0 Å². The Morgan fingerprint density at radius 2 is 2.16 bits per heavy atom. The zero-order chi connectivity index (χ0) is 13.7. The van der Waals surface area contributed by atoms with Crippen molar-refractivity contribution in [3.8, 4) is 5.75 Å². The molecule has 1 heterocycles. The van der Waals surface area contributed by atoms with Crippen LogP contribution in [0.15, 0.2) is 24.3 Å². The molecular weight excluding hydrogens is 242 g/mol. The molecule has 0 atom stereocenters. The Kier molecular flexibility index (Phi) is 4.52. The van der Waals surface area contributed by atoms with Gasteiger partial charge in [0.2, 0.25) is 0 Å². The Labute approximate surface area is 112 Å². The first-order valence-corrected chi connectivity index (χ1v) is 6.52. The van der Waals surface area contributed by atoms with Gasteiger partial charge in [-0.3, -0.25) is 0 Å². The van der Waals surface area contributed by atoms with Crippen LogP contribution >= 0.6 is 0 Å². The van der Waals surface area contributed by atoms with E-state index in [9.17, 15) is 5.11 Å². The molecule has 0 spiro atoms. The van der Waals surface area contributed by atoms with Crippen molar-refractivity contribution >= 4 is 0 Å². The van der Waals surface area contributed by atoms with Crippen molar-refractivity contribution in [3.63, 3.8) is 0 Å². The minimum absolute atomic E-state index is 0.117. The van der Waals surface area contributed by atoms with Crippen LogP contribution in [-0.2, 0) is 26.2 Å². The molecule has 0 fully saturated rings. The molecule has 1 aromatic heterocycles. The highest BCUT2D eigenvalue weighted by Gasteiger charge is 2.11. The van der Waals surface area contributed by atoms with Gasteiger partial charge in [-0.25, -0.2) is 4.68 Å². The van der Waals surface area contributed by atoms with Crippen LogP contribution in [0, 0.1) is 0 Å². The highest BCUT2D eigenvalue weighted by Crippen LogP contribution is 2.16. The van der Waals surface area contributed by atoms with E-state index >= 15 is 0 Å². The average Bonchev–Trinajstić information content (AvgIpc) is 2.87. The fraction of sp³-hybridized carbons (Fsp3) is 0.429. The summed E-state index contributed by atoms with van der Waals surface area (Å²) < 4.78 is 7.51. The Morgan fingerprint density at radius 1 is 1.32 bits per heavy atom. The zero-order valence-corrected chi connectivity index (χ0v) is 11.3. The van der Waals surface area contributed by atoms with E-state index < -0.39 is 0 Å². The summed E-state index contributed by atoms with van der Waals surface area (Å²) in [5, 5.41) is 17.1. The molecule has 0 unspecified atom stereocenters. The number of hydrogen-bond donors (Lipinski definition) is 1. The molecule has 0 aliphatic heterocycles. The van der Waals surface area contributed by atoms with E-state index in [1.807, 2.05) is 25.1 Å². The van der Waals surface area contributed by atoms with Crippen molar-refractivity contribution in [1.29, 1.82) is 0 Å². The largest absolute Gasteiger partial charge is 0.487 e. The van der Waals surface area contributed by atoms with E-state index in [4.69, 9.17) is 4.74 Å². The van der Waals surface area contributed by atoms with Crippen LogP contribution in [0.1, 0.15) is 30.8 Å². The van der Waals surface area contributed by atoms with Gasteiger partial charge in [0.15, 0.2) is 0 Å². The summed E-state index contributed by atoms with van der Waals surface area (Å²) in [5.74, 6) is 0.826. The van der Waals surface area contributed by atoms with E-state index in [0.717, 1.165) is 17.9 Å². The molecule has 0 amide bonds. The van der Waals surface area contributed by atoms with Gasteiger partial charge in [0, 0.05) is 6.54 Å². The van der Waals surface area contributed by atoms with E-state index in [0.29, 0.717) is 18.8 Å². The number of benzene rings is 1. The third-order valence-electron chi connectivity index (χ3n) is 3.05. The molecule has 0 radical (unpaired) electrons. The molecule has 102 valence electrons. The van der Waals surface area contributed by atoms with Gasteiger partial charge in [-0.05, 0) is 31.0 Å². The van der Waals surface area contributed by atoms with Crippen molar-refractivity contribution in [2.24, 2.45) is 0 Å². The second-order valence-electron chi connectivity index (χ2n) is 4.25. The number of hydrogen-bond acceptors (Lipinski definition) is 4. The van der Waals surface area contributed by atoms with E-state index in [1.54, 1.807) is 4.68 Å². The van der Waals surface area contributed by atoms with E-state index in [2.05, 4.69) is 23.3 Å². The molecule has 5 nitrogen and oxygen atoms in total. The maximum absolute atomic E-state index is 9.24. The summed E-state index contributed by atoms with van der Waals surface area (Å²) in [7, 11) is 0. The lowest BCUT2D eigenvalue weighted by Crippen LogP contribution is -2.08. The molecule has 0 bridgehead atoms. The van der Waals surface area contributed by atoms with Gasteiger partial charge >= 0.3 is 0 Å². The van der Waals surface area contributed by atoms with Crippen LogP contribution in [0.5, 0.6) is 5.75 Å². The predicted octanol–water partition coefficient (Wildman–Crippen LogP) is 1.93. The van der Waals surface area contributed by atoms with Crippen molar-refractivity contribution in [2.45, 2.75) is 40.0 Å². The molecule has 19 heavy (non-hydrogen) atoms. The van der Waals surface area contributed by atoms with Gasteiger partial charge in [0.05, 0.1) is 6.61 Å². The first-order valence-electron chi connectivity index (χ1n) is 6.52. The minimum atomic E-state index is -0.117. The maximum Gasteiger partial charge on any atom is 0.132 e. The third-order valence-corrected chi connectivity index (χ3v) is 3.05. The Morgan fingerprint density at radius 3 is 2.84 bits per heavy atom. The molecular formula is C14H19N3O2. The third kappa shape index (κ3) is 3.12.